The van der Waals surface area contributed by atoms with Gasteiger partial charge in [-0.25, -0.2) is 8.78 Å². The van der Waals surface area contributed by atoms with Gasteiger partial charge in [0.2, 0.25) is 0 Å². The molecule has 6 heteroatoms. The molecule has 0 fully saturated rings. The van der Waals surface area contributed by atoms with E-state index in [-0.39, 0.29) is 22.5 Å². The summed E-state index contributed by atoms with van der Waals surface area (Å²) in [7, 11) is -5.00. The minimum Gasteiger partial charge on any atom is -0.407 e. The number of halogens is 2. The van der Waals surface area contributed by atoms with Crippen LogP contribution in [0.3, 0.4) is 0 Å². The Labute approximate surface area is 248 Å². The lowest BCUT2D eigenvalue weighted by atomic mass is 10.1. The van der Waals surface area contributed by atoms with E-state index in [0.29, 0.717) is 0 Å². The summed E-state index contributed by atoms with van der Waals surface area (Å²) in [5.41, 5.74) is 0.793. The fraction of sp³-hybridized carbons (Fsp3) is 0.371. The van der Waals surface area contributed by atoms with Crippen LogP contribution in [-0.2, 0) is 8.85 Å². The van der Waals surface area contributed by atoms with Crippen molar-refractivity contribution in [3.63, 3.8) is 0 Å². The summed E-state index contributed by atoms with van der Waals surface area (Å²) in [4.78, 5) is 0. The maximum Gasteiger partial charge on any atom is 0.261 e. The molecule has 2 atom stereocenters. The van der Waals surface area contributed by atoms with Crippen molar-refractivity contribution in [2.24, 2.45) is 0 Å². The largest absolute Gasteiger partial charge is 0.407 e. The van der Waals surface area contributed by atoms with Crippen molar-refractivity contribution in [3.8, 4) is 0 Å². The molecule has 0 heterocycles. The van der Waals surface area contributed by atoms with E-state index in [1.54, 1.807) is 36.4 Å². The van der Waals surface area contributed by atoms with Gasteiger partial charge in [-0.1, -0.05) is 133 Å². The molecule has 220 valence electrons. The van der Waals surface area contributed by atoms with Crippen molar-refractivity contribution in [1.29, 1.82) is 0 Å². The topological polar surface area (TPSA) is 18.5 Å². The molecule has 0 saturated heterocycles. The van der Waals surface area contributed by atoms with E-state index in [9.17, 15) is 4.39 Å². The highest BCUT2D eigenvalue weighted by Gasteiger charge is 2.50. The fourth-order valence-electron chi connectivity index (χ4n) is 4.74. The smallest absolute Gasteiger partial charge is 0.261 e. The molecule has 0 N–H and O–H groups in total. The molecule has 0 spiro atoms. The van der Waals surface area contributed by atoms with Gasteiger partial charge in [0.15, 0.2) is 8.32 Å². The zero-order valence-electron chi connectivity index (χ0n) is 25.8. The van der Waals surface area contributed by atoms with Gasteiger partial charge in [-0.05, 0) is 57.3 Å². The Balaban J connectivity index is 1.88. The van der Waals surface area contributed by atoms with Crippen molar-refractivity contribution < 1.29 is 17.6 Å². The van der Waals surface area contributed by atoms with Gasteiger partial charge < -0.3 is 8.85 Å². The van der Waals surface area contributed by atoms with Crippen molar-refractivity contribution in [1.82, 2.24) is 0 Å². The van der Waals surface area contributed by atoms with Gasteiger partial charge in [0, 0.05) is 0 Å². The third-order valence-corrected chi connectivity index (χ3v) is 17.5. The quantitative estimate of drug-likeness (QED) is 0.164. The number of hydrogen-bond acceptors (Lipinski definition) is 2. The Hall–Kier alpha value is -2.65. The van der Waals surface area contributed by atoms with Crippen LogP contribution in [0.5, 0.6) is 0 Å². The van der Waals surface area contributed by atoms with Gasteiger partial charge >= 0.3 is 0 Å². The summed E-state index contributed by atoms with van der Waals surface area (Å²) in [6, 6.07) is 27.0. The molecule has 0 aliphatic rings. The maximum absolute atomic E-state index is 15.9. The van der Waals surface area contributed by atoms with Crippen LogP contribution in [0.2, 0.25) is 23.2 Å². The molecular weight excluding hydrogens is 547 g/mol. The minimum atomic E-state index is -2.72. The monoisotopic (exact) mass is 592 g/mol. The van der Waals surface area contributed by atoms with E-state index in [1.807, 2.05) is 12.1 Å². The Morgan fingerprint density at radius 1 is 0.732 bits per heavy atom. The third kappa shape index (κ3) is 8.22. The van der Waals surface area contributed by atoms with Gasteiger partial charge in [-0.15, -0.1) is 0 Å². The number of benzene rings is 3. The molecule has 0 radical (unpaired) electrons. The molecule has 3 aromatic carbocycles. The summed E-state index contributed by atoms with van der Waals surface area (Å²) >= 11 is 0. The second-order valence-corrected chi connectivity index (χ2v) is 22.2. The van der Waals surface area contributed by atoms with Crippen LogP contribution in [0.15, 0.2) is 103 Å². The van der Waals surface area contributed by atoms with Gasteiger partial charge in [0.05, 0.1) is 12.7 Å². The molecular formula is C35H46F2O2Si2. The Bertz CT molecular complexity index is 1240. The summed E-state index contributed by atoms with van der Waals surface area (Å²) in [6.07, 6.45) is 4.76. The molecule has 0 aliphatic heterocycles. The van der Waals surface area contributed by atoms with Gasteiger partial charge in [0.25, 0.3) is 8.32 Å². The lowest BCUT2D eigenvalue weighted by Crippen LogP contribution is -2.66. The molecule has 0 unspecified atom stereocenters. The van der Waals surface area contributed by atoms with Crippen molar-refractivity contribution >= 4 is 33.1 Å². The molecule has 0 amide bonds. The van der Waals surface area contributed by atoms with Crippen molar-refractivity contribution in [3.05, 3.63) is 115 Å². The van der Waals surface area contributed by atoms with Crippen LogP contribution in [-0.4, -0.2) is 35.5 Å². The Kier molecular flexibility index (Phi) is 10.9. The molecule has 3 rings (SSSR count). The predicted octanol–water partition coefficient (Wildman–Crippen LogP) is 8.70. The van der Waals surface area contributed by atoms with E-state index in [0.717, 1.165) is 5.56 Å². The average molecular weight is 593 g/mol. The average Bonchev–Trinajstić information content (AvgIpc) is 2.91. The van der Waals surface area contributed by atoms with E-state index in [2.05, 4.69) is 103 Å². The van der Waals surface area contributed by atoms with Gasteiger partial charge in [-0.3, -0.25) is 0 Å². The highest BCUT2D eigenvalue weighted by molar-refractivity contribution is 6.99. The normalized spacial score (nSPS) is 15.0. The molecule has 0 bridgehead atoms. The van der Waals surface area contributed by atoms with Crippen LogP contribution in [0.4, 0.5) is 8.78 Å². The first-order chi connectivity index (χ1) is 19.2. The predicted molar refractivity (Wildman–Crippen MR) is 175 cm³/mol. The summed E-state index contributed by atoms with van der Waals surface area (Å²) in [5, 5.41) is 2.13. The fourth-order valence-corrected chi connectivity index (χ4v) is 10.5. The second-order valence-electron chi connectivity index (χ2n) is 13.1. The van der Waals surface area contributed by atoms with Crippen LogP contribution >= 0.6 is 0 Å². The highest BCUT2D eigenvalue weighted by atomic mass is 28.4. The second kappa shape index (κ2) is 13.6. The van der Waals surface area contributed by atoms with Crippen LogP contribution < -0.4 is 10.4 Å². The number of alkyl halides is 1. The number of hydrogen-bond donors (Lipinski definition) is 0. The summed E-state index contributed by atoms with van der Waals surface area (Å²) in [6.45, 7) is 17.6. The maximum atomic E-state index is 15.9. The van der Waals surface area contributed by atoms with E-state index in [1.165, 1.54) is 22.5 Å². The molecule has 0 saturated carbocycles. The van der Waals surface area contributed by atoms with E-state index < -0.39 is 28.9 Å². The third-order valence-electron chi connectivity index (χ3n) is 8.03. The lowest BCUT2D eigenvalue weighted by molar-refractivity contribution is 0.150. The molecule has 41 heavy (non-hydrogen) atoms. The lowest BCUT2D eigenvalue weighted by Gasteiger charge is -2.42. The minimum absolute atomic E-state index is 0.0786. The first kappa shape index (κ1) is 32.9. The van der Waals surface area contributed by atoms with Crippen molar-refractivity contribution in [2.75, 3.05) is 6.61 Å². The molecule has 2 nitrogen and oxygen atoms in total. The van der Waals surface area contributed by atoms with E-state index >= 15 is 4.39 Å². The highest BCUT2D eigenvalue weighted by Crippen LogP contribution is 2.39. The Morgan fingerprint density at radius 3 is 1.71 bits per heavy atom. The van der Waals surface area contributed by atoms with Crippen LogP contribution in [0, 0.1) is 5.82 Å². The summed E-state index contributed by atoms with van der Waals surface area (Å²) in [5.74, 6) is -0.302. The first-order valence-electron chi connectivity index (χ1n) is 14.3. The Morgan fingerprint density at radius 2 is 1.24 bits per heavy atom. The van der Waals surface area contributed by atoms with Gasteiger partial charge in [-0.2, -0.15) is 0 Å². The summed E-state index contributed by atoms with van der Waals surface area (Å²) < 4.78 is 42.7. The number of rotatable bonds is 11. The van der Waals surface area contributed by atoms with Crippen LogP contribution in [0.1, 0.15) is 47.1 Å². The SMILES string of the molecule is CC(C)(C)[Si](C)(C)O[C@@H](/C=C/c1ccc(F)cc1)[C@H](F)/C=C\CO[Si](c1ccccc1)(c1ccccc1)C(C)(C)C. The first-order valence-corrected chi connectivity index (χ1v) is 19.2. The standard InChI is InChI=1S/C35H46F2O2Si2/c1-34(2,3)40(7,8)39-33(26-23-28-21-24-29(36)25-22-28)32(37)20-15-27-38-41(35(4,5)6,30-16-11-9-12-17-30)31-18-13-10-14-19-31/h9-26,32-33H,27H2,1-8H3/b20-15-,26-23+/t32-,33+/m1/s1. The van der Waals surface area contributed by atoms with E-state index in [4.69, 9.17) is 8.85 Å². The van der Waals surface area contributed by atoms with Crippen LogP contribution in [0.25, 0.3) is 6.08 Å². The molecule has 3 aromatic rings. The van der Waals surface area contributed by atoms with Crippen molar-refractivity contribution in [2.45, 2.75) is 77.0 Å². The zero-order valence-corrected chi connectivity index (χ0v) is 27.8. The molecule has 0 aromatic heterocycles. The molecule has 0 aliphatic carbocycles. The van der Waals surface area contributed by atoms with Gasteiger partial charge in [0.1, 0.15) is 12.0 Å². The zero-order chi connectivity index (χ0) is 30.3.